The van der Waals surface area contributed by atoms with E-state index in [4.69, 9.17) is 0 Å². The van der Waals surface area contributed by atoms with Gasteiger partial charge in [0.05, 0.1) is 0 Å². The van der Waals surface area contributed by atoms with Crippen molar-refractivity contribution in [2.45, 2.75) is 45.6 Å². The zero-order valence-corrected chi connectivity index (χ0v) is 14.5. The lowest BCUT2D eigenvalue weighted by Crippen LogP contribution is -2.43. The number of nitrogens with zero attached hydrogens (tertiary/aromatic N) is 1. The van der Waals surface area contributed by atoms with Crippen molar-refractivity contribution in [3.8, 4) is 0 Å². The molecule has 1 aromatic carbocycles. The molecule has 0 unspecified atom stereocenters. The van der Waals surface area contributed by atoms with Crippen LogP contribution in [0.5, 0.6) is 0 Å². The first-order valence-electron chi connectivity index (χ1n) is 8.42. The summed E-state index contributed by atoms with van der Waals surface area (Å²) >= 11 is 0. The van der Waals surface area contributed by atoms with Gasteiger partial charge in [-0.2, -0.15) is 0 Å². The van der Waals surface area contributed by atoms with Crippen LogP contribution in [0, 0.1) is 0 Å². The fraction of sp³-hybridized carbons (Fsp3) is 0.500. The minimum absolute atomic E-state index is 0.256. The molecule has 0 radical (unpaired) electrons. The number of hydrogen-bond donors (Lipinski definition) is 2. The van der Waals surface area contributed by atoms with Gasteiger partial charge in [-0.05, 0) is 30.9 Å². The molecule has 1 fully saturated rings. The van der Waals surface area contributed by atoms with Gasteiger partial charge >= 0.3 is 6.03 Å². The highest BCUT2D eigenvalue weighted by molar-refractivity contribution is 6.09. The largest absolute Gasteiger partial charge is 0.355 e. The predicted octanol–water partition coefficient (Wildman–Crippen LogP) is 1.93. The van der Waals surface area contributed by atoms with Crippen molar-refractivity contribution in [1.82, 2.24) is 15.5 Å². The van der Waals surface area contributed by atoms with Gasteiger partial charge < -0.3 is 10.6 Å². The van der Waals surface area contributed by atoms with Gasteiger partial charge in [-0.3, -0.25) is 14.5 Å². The van der Waals surface area contributed by atoms with Gasteiger partial charge in [0.15, 0.2) is 0 Å². The van der Waals surface area contributed by atoms with Gasteiger partial charge in [0.1, 0.15) is 12.1 Å². The Morgan fingerprint density at radius 3 is 2.42 bits per heavy atom. The maximum absolute atomic E-state index is 12.7. The summed E-state index contributed by atoms with van der Waals surface area (Å²) in [4.78, 5) is 37.7. The molecular formula is C18H25N3O3. The first kappa shape index (κ1) is 18.0. The summed E-state index contributed by atoms with van der Waals surface area (Å²) in [5, 5.41) is 5.39. The Morgan fingerprint density at radius 1 is 1.17 bits per heavy atom. The van der Waals surface area contributed by atoms with Gasteiger partial charge in [-0.15, -0.1) is 0 Å². The first-order valence-corrected chi connectivity index (χ1v) is 8.42. The molecular weight excluding hydrogens is 306 g/mol. The van der Waals surface area contributed by atoms with E-state index in [2.05, 4.69) is 17.6 Å². The highest BCUT2D eigenvalue weighted by Gasteiger charge is 2.49. The average molecular weight is 331 g/mol. The van der Waals surface area contributed by atoms with Crippen LogP contribution >= 0.6 is 0 Å². The fourth-order valence-corrected chi connectivity index (χ4v) is 2.79. The van der Waals surface area contributed by atoms with E-state index in [0.717, 1.165) is 29.7 Å². The van der Waals surface area contributed by atoms with E-state index in [1.807, 2.05) is 31.2 Å². The van der Waals surface area contributed by atoms with Gasteiger partial charge in [0.25, 0.3) is 5.91 Å². The van der Waals surface area contributed by atoms with E-state index < -0.39 is 17.5 Å². The Labute approximate surface area is 142 Å². The minimum Gasteiger partial charge on any atom is -0.355 e. The molecule has 1 aliphatic rings. The summed E-state index contributed by atoms with van der Waals surface area (Å²) in [5.41, 5.74) is 0.780. The molecule has 0 saturated carbocycles. The summed E-state index contributed by atoms with van der Waals surface area (Å²) in [7, 11) is 0. The van der Waals surface area contributed by atoms with Crippen LogP contribution in [0.4, 0.5) is 4.79 Å². The zero-order chi connectivity index (χ0) is 17.7. The summed E-state index contributed by atoms with van der Waals surface area (Å²) in [6.45, 7) is 5.99. The second kappa shape index (κ2) is 7.47. The van der Waals surface area contributed by atoms with E-state index in [1.54, 1.807) is 6.92 Å². The number of carbonyl (C=O) groups excluding carboxylic acids is 3. The van der Waals surface area contributed by atoms with Gasteiger partial charge in [0, 0.05) is 6.54 Å². The molecule has 0 aromatic heterocycles. The third kappa shape index (κ3) is 3.58. The Kier molecular flexibility index (Phi) is 5.59. The third-order valence-corrected chi connectivity index (χ3v) is 4.22. The standard InChI is InChI=1S/C18H25N3O3/c1-4-6-13-7-9-14(10-8-13)18(3)16(23)21(17(24)20-18)12-15(22)19-11-5-2/h7-10H,4-6,11-12H2,1-3H3,(H,19,22)(H,20,24)/t18-/m0/s1. The molecule has 1 saturated heterocycles. The summed E-state index contributed by atoms with van der Waals surface area (Å²) < 4.78 is 0. The number of aryl methyl sites for hydroxylation is 1. The molecule has 1 heterocycles. The van der Waals surface area contributed by atoms with E-state index in [9.17, 15) is 14.4 Å². The molecule has 2 N–H and O–H groups in total. The Bertz CT molecular complexity index is 627. The number of amides is 4. The van der Waals surface area contributed by atoms with Crippen LogP contribution in [0.1, 0.15) is 44.7 Å². The fourth-order valence-electron chi connectivity index (χ4n) is 2.79. The SMILES string of the molecule is CCCNC(=O)CN1C(=O)N[C@@](C)(c2ccc(CCC)cc2)C1=O. The summed E-state index contributed by atoms with van der Waals surface area (Å²) in [5.74, 6) is -0.731. The molecule has 6 heteroatoms. The second-order valence-corrected chi connectivity index (χ2v) is 6.24. The monoisotopic (exact) mass is 331 g/mol. The third-order valence-electron chi connectivity index (χ3n) is 4.22. The minimum atomic E-state index is -1.13. The molecule has 1 atom stereocenters. The lowest BCUT2D eigenvalue weighted by Gasteiger charge is -2.22. The molecule has 1 aliphatic heterocycles. The van der Waals surface area contributed by atoms with Crippen LogP contribution in [0.2, 0.25) is 0 Å². The molecule has 0 spiro atoms. The van der Waals surface area contributed by atoms with Gasteiger partial charge in [0.2, 0.25) is 5.91 Å². The number of hydrogen-bond acceptors (Lipinski definition) is 3. The van der Waals surface area contributed by atoms with Crippen molar-refractivity contribution in [3.63, 3.8) is 0 Å². The molecule has 6 nitrogen and oxygen atoms in total. The van der Waals surface area contributed by atoms with Crippen molar-refractivity contribution >= 4 is 17.8 Å². The zero-order valence-electron chi connectivity index (χ0n) is 14.5. The number of carbonyl (C=O) groups is 3. The summed E-state index contributed by atoms with van der Waals surface area (Å²) in [6.07, 6.45) is 2.82. The van der Waals surface area contributed by atoms with Crippen molar-refractivity contribution in [1.29, 1.82) is 0 Å². The predicted molar refractivity (Wildman–Crippen MR) is 91.3 cm³/mol. The van der Waals surface area contributed by atoms with Crippen LogP contribution in [-0.4, -0.2) is 35.8 Å². The lowest BCUT2D eigenvalue weighted by molar-refractivity contribution is -0.134. The van der Waals surface area contributed by atoms with Crippen LogP contribution in [-0.2, 0) is 21.5 Å². The van der Waals surface area contributed by atoms with Crippen LogP contribution in [0.25, 0.3) is 0 Å². The topological polar surface area (TPSA) is 78.5 Å². The number of nitrogens with one attached hydrogen (secondary N) is 2. The smallest absolute Gasteiger partial charge is 0.325 e. The molecule has 24 heavy (non-hydrogen) atoms. The molecule has 4 amide bonds. The first-order chi connectivity index (χ1) is 11.4. The number of benzene rings is 1. The lowest BCUT2D eigenvalue weighted by atomic mass is 9.91. The van der Waals surface area contributed by atoms with E-state index in [0.29, 0.717) is 6.54 Å². The molecule has 1 aromatic rings. The van der Waals surface area contributed by atoms with Crippen molar-refractivity contribution in [3.05, 3.63) is 35.4 Å². The number of imide groups is 1. The summed E-state index contributed by atoms with van der Waals surface area (Å²) in [6, 6.07) is 7.14. The quantitative estimate of drug-likeness (QED) is 0.750. The highest BCUT2D eigenvalue weighted by Crippen LogP contribution is 2.29. The van der Waals surface area contributed by atoms with E-state index >= 15 is 0 Å². The van der Waals surface area contributed by atoms with E-state index in [1.165, 1.54) is 5.56 Å². The normalized spacial score (nSPS) is 20.2. The average Bonchev–Trinajstić information content (AvgIpc) is 2.78. The number of urea groups is 1. The molecule has 2 rings (SSSR count). The Morgan fingerprint density at radius 2 is 1.83 bits per heavy atom. The maximum Gasteiger partial charge on any atom is 0.325 e. The van der Waals surface area contributed by atoms with Crippen LogP contribution in [0.15, 0.2) is 24.3 Å². The highest BCUT2D eigenvalue weighted by atomic mass is 16.2. The van der Waals surface area contributed by atoms with Gasteiger partial charge in [-0.25, -0.2) is 4.79 Å². The molecule has 0 bridgehead atoms. The second-order valence-electron chi connectivity index (χ2n) is 6.24. The Hall–Kier alpha value is -2.37. The van der Waals surface area contributed by atoms with Crippen molar-refractivity contribution < 1.29 is 14.4 Å². The maximum atomic E-state index is 12.7. The van der Waals surface area contributed by atoms with Crippen molar-refractivity contribution in [2.75, 3.05) is 13.1 Å². The van der Waals surface area contributed by atoms with Crippen LogP contribution in [0.3, 0.4) is 0 Å². The van der Waals surface area contributed by atoms with Gasteiger partial charge in [-0.1, -0.05) is 44.5 Å². The molecule has 130 valence electrons. The number of rotatable bonds is 7. The Balaban J connectivity index is 2.14. The van der Waals surface area contributed by atoms with E-state index in [-0.39, 0.29) is 12.5 Å². The van der Waals surface area contributed by atoms with Crippen molar-refractivity contribution in [2.24, 2.45) is 0 Å². The van der Waals surface area contributed by atoms with Crippen LogP contribution < -0.4 is 10.6 Å². The molecule has 0 aliphatic carbocycles.